The van der Waals surface area contributed by atoms with Gasteiger partial charge >= 0.3 is 6.09 Å². The second-order valence-corrected chi connectivity index (χ2v) is 7.69. The molecule has 0 radical (unpaired) electrons. The van der Waals surface area contributed by atoms with Crippen LogP contribution in [-0.4, -0.2) is 64.7 Å². The Morgan fingerprint density at radius 3 is 2.27 bits per heavy atom. The molecule has 0 aromatic carbocycles. The van der Waals surface area contributed by atoms with Crippen LogP contribution in [0.4, 0.5) is 4.79 Å². The molecule has 3 atom stereocenters. The third kappa shape index (κ3) is 2.28. The van der Waals surface area contributed by atoms with Gasteiger partial charge in [-0.15, -0.1) is 0 Å². The summed E-state index contributed by atoms with van der Waals surface area (Å²) in [4.78, 5) is 27.2. The number of piperidine rings is 2. The number of amides is 2. The monoisotopic (exact) mass is 307 g/mol. The summed E-state index contributed by atoms with van der Waals surface area (Å²) in [5, 5.41) is 12.3. The second-order valence-electron chi connectivity index (χ2n) is 7.69. The summed E-state index contributed by atoms with van der Waals surface area (Å²) < 4.78 is 0. The number of likely N-dealkylation sites (tertiary alicyclic amines) is 1. The van der Waals surface area contributed by atoms with Crippen LogP contribution in [0.5, 0.6) is 0 Å². The van der Waals surface area contributed by atoms with Gasteiger partial charge in [0.05, 0.1) is 0 Å². The fourth-order valence-electron chi connectivity index (χ4n) is 5.23. The van der Waals surface area contributed by atoms with Crippen LogP contribution in [0.15, 0.2) is 0 Å². The molecule has 22 heavy (non-hydrogen) atoms. The Bertz CT molecular complexity index is 473. The SMILES string of the molecule is O=C1CC2(CCN([C@@H]3C[C@H]4CC[C@@H](C3)N4C(=O)O)CC2)CN1. The molecule has 1 spiro atoms. The number of hydrogen-bond donors (Lipinski definition) is 2. The smallest absolute Gasteiger partial charge is 0.407 e. The molecule has 0 saturated carbocycles. The highest BCUT2D eigenvalue weighted by molar-refractivity contribution is 5.79. The van der Waals surface area contributed by atoms with Crippen LogP contribution in [0.3, 0.4) is 0 Å². The Morgan fingerprint density at radius 2 is 1.77 bits per heavy atom. The fourth-order valence-corrected chi connectivity index (χ4v) is 5.23. The van der Waals surface area contributed by atoms with E-state index in [4.69, 9.17) is 0 Å². The topological polar surface area (TPSA) is 72.9 Å². The first-order chi connectivity index (χ1) is 10.6. The quantitative estimate of drug-likeness (QED) is 0.765. The van der Waals surface area contributed by atoms with Crippen LogP contribution in [0, 0.1) is 5.41 Å². The molecule has 0 unspecified atom stereocenters. The molecule has 0 aromatic heterocycles. The maximum Gasteiger partial charge on any atom is 0.407 e. The molecular weight excluding hydrogens is 282 g/mol. The lowest BCUT2D eigenvalue weighted by atomic mass is 9.77. The standard InChI is InChI=1S/C16H25N3O3/c20-14-9-16(10-17-14)3-5-18(6-4-16)13-7-11-1-2-12(8-13)19(11)15(21)22/h11-13H,1-10H2,(H,17,20)(H,21,22)/t11-,12+,13-. The first-order valence-electron chi connectivity index (χ1n) is 8.58. The van der Waals surface area contributed by atoms with E-state index in [0.717, 1.165) is 58.2 Å². The van der Waals surface area contributed by atoms with Crippen molar-refractivity contribution in [2.45, 2.75) is 63.1 Å². The van der Waals surface area contributed by atoms with E-state index in [-0.39, 0.29) is 23.4 Å². The Balaban J connectivity index is 1.37. The molecule has 4 heterocycles. The van der Waals surface area contributed by atoms with Gasteiger partial charge in [0.1, 0.15) is 0 Å². The Morgan fingerprint density at radius 1 is 1.14 bits per heavy atom. The van der Waals surface area contributed by atoms with Gasteiger partial charge in [-0.05, 0) is 57.0 Å². The summed E-state index contributed by atoms with van der Waals surface area (Å²) in [6.45, 7) is 2.97. The largest absolute Gasteiger partial charge is 0.465 e. The van der Waals surface area contributed by atoms with Crippen molar-refractivity contribution in [2.24, 2.45) is 5.41 Å². The van der Waals surface area contributed by atoms with Crippen molar-refractivity contribution in [1.82, 2.24) is 15.1 Å². The van der Waals surface area contributed by atoms with Gasteiger partial charge in [0.25, 0.3) is 0 Å². The molecule has 6 heteroatoms. The summed E-state index contributed by atoms with van der Waals surface area (Å²) in [5.74, 6) is 0.210. The van der Waals surface area contributed by atoms with E-state index < -0.39 is 6.09 Å². The molecule has 2 amide bonds. The predicted octanol–water partition coefficient (Wildman–Crippen LogP) is 1.26. The number of carboxylic acid groups (broad SMARTS) is 1. The van der Waals surface area contributed by atoms with Gasteiger partial charge in [-0.1, -0.05) is 0 Å². The van der Waals surface area contributed by atoms with Crippen molar-refractivity contribution in [2.75, 3.05) is 19.6 Å². The zero-order chi connectivity index (χ0) is 15.3. The van der Waals surface area contributed by atoms with E-state index in [2.05, 4.69) is 10.2 Å². The van der Waals surface area contributed by atoms with E-state index in [0.29, 0.717) is 12.5 Å². The van der Waals surface area contributed by atoms with Crippen LogP contribution < -0.4 is 5.32 Å². The lowest BCUT2D eigenvalue weighted by Crippen LogP contribution is -2.54. The minimum Gasteiger partial charge on any atom is -0.465 e. The highest BCUT2D eigenvalue weighted by Gasteiger charge is 2.47. The number of rotatable bonds is 1. The lowest BCUT2D eigenvalue weighted by Gasteiger charge is -2.46. The summed E-state index contributed by atoms with van der Waals surface area (Å²) in [5.41, 5.74) is 0.203. The molecule has 2 bridgehead atoms. The molecule has 4 aliphatic rings. The van der Waals surface area contributed by atoms with E-state index in [9.17, 15) is 14.7 Å². The van der Waals surface area contributed by atoms with Crippen molar-refractivity contribution in [3.8, 4) is 0 Å². The van der Waals surface area contributed by atoms with Crippen LogP contribution >= 0.6 is 0 Å². The zero-order valence-corrected chi connectivity index (χ0v) is 13.0. The molecule has 0 aromatic rings. The molecule has 4 saturated heterocycles. The van der Waals surface area contributed by atoms with Crippen LogP contribution in [0.1, 0.15) is 44.9 Å². The average molecular weight is 307 g/mol. The van der Waals surface area contributed by atoms with Gasteiger partial charge in [0, 0.05) is 31.1 Å². The van der Waals surface area contributed by atoms with Crippen molar-refractivity contribution < 1.29 is 14.7 Å². The highest BCUT2D eigenvalue weighted by Crippen LogP contribution is 2.42. The summed E-state index contributed by atoms with van der Waals surface area (Å²) >= 11 is 0. The highest BCUT2D eigenvalue weighted by atomic mass is 16.4. The number of nitrogens with zero attached hydrogens (tertiary/aromatic N) is 2. The lowest BCUT2D eigenvalue weighted by molar-refractivity contribution is -0.119. The van der Waals surface area contributed by atoms with E-state index in [1.807, 2.05) is 0 Å². The molecule has 4 aliphatic heterocycles. The summed E-state index contributed by atoms with van der Waals surface area (Å²) in [6, 6.07) is 0.995. The Kier molecular flexibility index (Phi) is 3.33. The predicted molar refractivity (Wildman–Crippen MR) is 80.6 cm³/mol. The molecular formula is C16H25N3O3. The maximum absolute atomic E-state index is 11.5. The normalized spacial score (nSPS) is 37.5. The zero-order valence-electron chi connectivity index (χ0n) is 13.0. The van der Waals surface area contributed by atoms with Gasteiger partial charge in [-0.25, -0.2) is 4.79 Å². The third-order valence-corrected chi connectivity index (χ3v) is 6.50. The Labute approximate surface area is 130 Å². The summed E-state index contributed by atoms with van der Waals surface area (Å²) in [7, 11) is 0. The number of fused-ring (bicyclic) bond motifs is 2. The number of carbonyl (C=O) groups is 2. The minimum absolute atomic E-state index is 0.203. The van der Waals surface area contributed by atoms with Gasteiger partial charge in [-0.3, -0.25) is 4.79 Å². The maximum atomic E-state index is 11.5. The third-order valence-electron chi connectivity index (χ3n) is 6.50. The van der Waals surface area contributed by atoms with Gasteiger partial charge in [0.15, 0.2) is 0 Å². The van der Waals surface area contributed by atoms with E-state index in [1.165, 1.54) is 0 Å². The number of nitrogens with one attached hydrogen (secondary N) is 1. The van der Waals surface area contributed by atoms with Crippen molar-refractivity contribution in [3.63, 3.8) is 0 Å². The number of hydrogen-bond acceptors (Lipinski definition) is 3. The molecule has 4 fully saturated rings. The minimum atomic E-state index is -0.737. The van der Waals surface area contributed by atoms with Crippen LogP contribution in [-0.2, 0) is 4.79 Å². The average Bonchev–Trinajstić information content (AvgIpc) is 2.98. The molecule has 0 aliphatic carbocycles. The summed E-state index contributed by atoms with van der Waals surface area (Å²) in [6.07, 6.45) is 6.20. The van der Waals surface area contributed by atoms with Gasteiger partial charge < -0.3 is 20.2 Å². The van der Waals surface area contributed by atoms with Gasteiger partial charge in [-0.2, -0.15) is 0 Å². The van der Waals surface area contributed by atoms with Crippen molar-refractivity contribution >= 4 is 12.0 Å². The van der Waals surface area contributed by atoms with E-state index >= 15 is 0 Å². The van der Waals surface area contributed by atoms with Crippen molar-refractivity contribution in [1.29, 1.82) is 0 Å². The van der Waals surface area contributed by atoms with Crippen molar-refractivity contribution in [3.05, 3.63) is 0 Å². The first kappa shape index (κ1) is 14.3. The van der Waals surface area contributed by atoms with Crippen LogP contribution in [0.2, 0.25) is 0 Å². The number of carbonyl (C=O) groups excluding carboxylic acids is 1. The molecule has 4 rings (SSSR count). The first-order valence-corrected chi connectivity index (χ1v) is 8.58. The fraction of sp³-hybridized carbons (Fsp3) is 0.875. The van der Waals surface area contributed by atoms with Gasteiger partial charge in [0.2, 0.25) is 5.91 Å². The molecule has 6 nitrogen and oxygen atoms in total. The molecule has 122 valence electrons. The van der Waals surface area contributed by atoms with E-state index in [1.54, 1.807) is 4.90 Å². The Hall–Kier alpha value is -1.30. The van der Waals surface area contributed by atoms with Crippen LogP contribution in [0.25, 0.3) is 0 Å². The molecule has 2 N–H and O–H groups in total. The second kappa shape index (κ2) is 5.11.